The Morgan fingerprint density at radius 1 is 1.47 bits per heavy atom. The molecule has 1 aromatic carbocycles. The first kappa shape index (κ1) is 11.4. The largest absolute Gasteiger partial charge is 0.497 e. The molecule has 0 spiro atoms. The van der Waals surface area contributed by atoms with Gasteiger partial charge in [-0.1, -0.05) is 0 Å². The van der Waals surface area contributed by atoms with Gasteiger partial charge in [0.2, 0.25) is 5.13 Å². The van der Waals surface area contributed by atoms with Crippen molar-refractivity contribution >= 4 is 22.4 Å². The Balaban J connectivity index is 2.33. The number of hydrogen-bond acceptors (Lipinski definition) is 6. The highest BCUT2D eigenvalue weighted by atomic mass is 32.1. The number of aromatic nitrogens is 2. The topological polar surface area (TPSA) is 70.8 Å². The molecule has 6 heteroatoms. The van der Waals surface area contributed by atoms with Crippen LogP contribution in [0.25, 0.3) is 0 Å². The predicted molar refractivity (Wildman–Crippen MR) is 65.6 cm³/mol. The molecule has 0 aliphatic heterocycles. The van der Waals surface area contributed by atoms with Crippen LogP contribution in [0.15, 0.2) is 18.2 Å². The van der Waals surface area contributed by atoms with E-state index >= 15 is 0 Å². The molecule has 17 heavy (non-hydrogen) atoms. The Labute approximate surface area is 103 Å². The maximum absolute atomic E-state index is 9.00. The molecule has 5 nitrogen and oxygen atoms in total. The van der Waals surface area contributed by atoms with E-state index in [9.17, 15) is 0 Å². The van der Waals surface area contributed by atoms with Crippen molar-refractivity contribution in [1.82, 2.24) is 9.36 Å². The lowest BCUT2D eigenvalue weighted by Gasteiger charge is -2.06. The molecule has 0 radical (unpaired) electrons. The Morgan fingerprint density at radius 2 is 2.29 bits per heavy atom. The summed E-state index contributed by atoms with van der Waals surface area (Å²) in [7, 11) is 1.58. The highest BCUT2D eigenvalue weighted by Gasteiger charge is 2.07. The number of hydrogen-bond donors (Lipinski definition) is 1. The van der Waals surface area contributed by atoms with Crippen molar-refractivity contribution in [3.8, 4) is 11.8 Å². The third-order valence-corrected chi connectivity index (χ3v) is 2.84. The third-order valence-electron chi connectivity index (χ3n) is 2.12. The number of rotatable bonds is 3. The Hall–Kier alpha value is -2.13. The summed E-state index contributed by atoms with van der Waals surface area (Å²) in [6, 6.07) is 7.32. The van der Waals surface area contributed by atoms with Crippen molar-refractivity contribution in [2.24, 2.45) is 0 Å². The smallest absolute Gasteiger partial charge is 0.207 e. The maximum Gasteiger partial charge on any atom is 0.207 e. The first-order valence-electron chi connectivity index (χ1n) is 4.88. The summed E-state index contributed by atoms with van der Waals surface area (Å²) in [6.07, 6.45) is 0. The van der Waals surface area contributed by atoms with Crippen LogP contribution in [-0.4, -0.2) is 16.5 Å². The number of methoxy groups -OCH3 is 1. The monoisotopic (exact) mass is 246 g/mol. The SMILES string of the molecule is COc1ccc(C#N)c(Nc2nc(C)ns2)c1. The van der Waals surface area contributed by atoms with Gasteiger partial charge in [-0.15, -0.1) is 0 Å². The second kappa shape index (κ2) is 4.80. The number of nitrogens with one attached hydrogen (secondary N) is 1. The Kier molecular flexibility index (Phi) is 3.21. The van der Waals surface area contributed by atoms with E-state index in [4.69, 9.17) is 10.00 Å². The van der Waals surface area contributed by atoms with Crippen LogP contribution in [0, 0.1) is 18.3 Å². The average Bonchev–Trinajstić information content (AvgIpc) is 2.74. The quantitative estimate of drug-likeness (QED) is 0.900. The van der Waals surface area contributed by atoms with E-state index in [1.165, 1.54) is 11.5 Å². The van der Waals surface area contributed by atoms with Crippen LogP contribution in [0.4, 0.5) is 10.8 Å². The van der Waals surface area contributed by atoms with Crippen LogP contribution < -0.4 is 10.1 Å². The summed E-state index contributed by atoms with van der Waals surface area (Å²) in [5.41, 5.74) is 1.21. The molecule has 0 aliphatic rings. The fraction of sp³-hybridized carbons (Fsp3) is 0.182. The fourth-order valence-electron chi connectivity index (χ4n) is 1.31. The zero-order chi connectivity index (χ0) is 12.3. The van der Waals surface area contributed by atoms with Gasteiger partial charge in [0, 0.05) is 17.6 Å². The third kappa shape index (κ3) is 2.52. The van der Waals surface area contributed by atoms with Gasteiger partial charge in [0.15, 0.2) is 0 Å². The van der Waals surface area contributed by atoms with Gasteiger partial charge in [-0.2, -0.15) is 9.64 Å². The molecule has 1 N–H and O–H groups in total. The number of ether oxygens (including phenoxy) is 1. The average molecular weight is 246 g/mol. The molecule has 1 heterocycles. The second-order valence-electron chi connectivity index (χ2n) is 3.30. The van der Waals surface area contributed by atoms with Gasteiger partial charge in [-0.3, -0.25) is 0 Å². The molecule has 0 saturated heterocycles. The van der Waals surface area contributed by atoms with Crippen molar-refractivity contribution in [2.75, 3.05) is 12.4 Å². The lowest BCUT2D eigenvalue weighted by molar-refractivity contribution is 0.415. The van der Waals surface area contributed by atoms with Crippen molar-refractivity contribution in [1.29, 1.82) is 5.26 Å². The highest BCUT2D eigenvalue weighted by molar-refractivity contribution is 7.09. The maximum atomic E-state index is 9.00. The molecule has 86 valence electrons. The molecule has 0 aliphatic carbocycles. The lowest BCUT2D eigenvalue weighted by atomic mass is 10.2. The number of nitriles is 1. The summed E-state index contributed by atoms with van der Waals surface area (Å²) < 4.78 is 9.18. The Bertz CT molecular complexity index is 573. The summed E-state index contributed by atoms with van der Waals surface area (Å²) in [6.45, 7) is 1.82. The Morgan fingerprint density at radius 3 is 2.88 bits per heavy atom. The van der Waals surface area contributed by atoms with Crippen molar-refractivity contribution in [2.45, 2.75) is 6.92 Å². The normalized spacial score (nSPS) is 9.71. The molecule has 1 aromatic heterocycles. The molecular formula is C11H10N4OS. The summed E-state index contributed by atoms with van der Waals surface area (Å²) in [5.74, 6) is 1.40. The van der Waals surface area contributed by atoms with Gasteiger partial charge in [0.25, 0.3) is 0 Å². The van der Waals surface area contributed by atoms with Crippen LogP contribution in [0.3, 0.4) is 0 Å². The molecule has 2 rings (SSSR count). The molecule has 2 aromatic rings. The van der Waals surface area contributed by atoms with E-state index in [1.807, 2.05) is 6.92 Å². The standard InChI is InChI=1S/C11H10N4OS/c1-7-13-11(17-15-7)14-10-5-9(16-2)4-3-8(10)6-12/h3-5H,1-2H3,(H,13,14,15). The molecule has 0 unspecified atom stereocenters. The lowest BCUT2D eigenvalue weighted by Crippen LogP contribution is -1.94. The minimum atomic E-state index is 0.540. The highest BCUT2D eigenvalue weighted by Crippen LogP contribution is 2.26. The van der Waals surface area contributed by atoms with Gasteiger partial charge in [-0.05, 0) is 19.1 Å². The number of nitrogens with zero attached hydrogens (tertiary/aromatic N) is 3. The first-order valence-corrected chi connectivity index (χ1v) is 5.65. The molecule has 0 amide bonds. The van der Waals surface area contributed by atoms with Crippen LogP contribution in [-0.2, 0) is 0 Å². The number of aryl methyl sites for hydroxylation is 1. The van der Waals surface area contributed by atoms with Crippen LogP contribution in [0.5, 0.6) is 5.75 Å². The van der Waals surface area contributed by atoms with Gasteiger partial charge in [0.05, 0.1) is 18.4 Å². The molecular weight excluding hydrogens is 236 g/mol. The predicted octanol–water partition coefficient (Wildman–Crippen LogP) is 2.47. The minimum Gasteiger partial charge on any atom is -0.497 e. The summed E-state index contributed by atoms with van der Waals surface area (Å²) in [5, 5.41) is 12.7. The fourth-order valence-corrected chi connectivity index (χ4v) is 1.90. The van der Waals surface area contributed by atoms with Crippen molar-refractivity contribution in [3.63, 3.8) is 0 Å². The van der Waals surface area contributed by atoms with Gasteiger partial charge >= 0.3 is 0 Å². The van der Waals surface area contributed by atoms with Crippen molar-refractivity contribution < 1.29 is 4.74 Å². The van der Waals surface area contributed by atoms with Crippen LogP contribution in [0.1, 0.15) is 11.4 Å². The summed E-state index contributed by atoms with van der Waals surface area (Å²) >= 11 is 1.25. The van der Waals surface area contributed by atoms with E-state index in [1.54, 1.807) is 25.3 Å². The van der Waals surface area contributed by atoms with E-state index < -0.39 is 0 Å². The zero-order valence-corrected chi connectivity index (χ0v) is 10.2. The number of benzene rings is 1. The first-order chi connectivity index (χ1) is 8.22. The van der Waals surface area contributed by atoms with Gasteiger partial charge in [-0.25, -0.2) is 4.98 Å². The van der Waals surface area contributed by atoms with Gasteiger partial charge < -0.3 is 10.1 Å². The van der Waals surface area contributed by atoms with Crippen molar-refractivity contribution in [3.05, 3.63) is 29.6 Å². The molecule has 0 saturated carbocycles. The van der Waals surface area contributed by atoms with E-state index in [0.717, 1.165) is 0 Å². The van der Waals surface area contributed by atoms with E-state index in [-0.39, 0.29) is 0 Å². The minimum absolute atomic E-state index is 0.540. The summed E-state index contributed by atoms with van der Waals surface area (Å²) in [4.78, 5) is 4.18. The number of anilines is 2. The zero-order valence-electron chi connectivity index (χ0n) is 9.39. The molecule has 0 bridgehead atoms. The van der Waals surface area contributed by atoms with E-state index in [2.05, 4.69) is 20.7 Å². The van der Waals surface area contributed by atoms with Crippen LogP contribution in [0.2, 0.25) is 0 Å². The van der Waals surface area contributed by atoms with Crippen LogP contribution >= 0.6 is 11.5 Å². The second-order valence-corrected chi connectivity index (χ2v) is 4.05. The molecule has 0 fully saturated rings. The van der Waals surface area contributed by atoms with E-state index in [0.29, 0.717) is 28.0 Å². The molecule has 0 atom stereocenters. The van der Waals surface area contributed by atoms with Gasteiger partial charge in [0.1, 0.15) is 17.6 Å².